The van der Waals surface area contributed by atoms with E-state index in [1.807, 2.05) is 6.92 Å². The van der Waals surface area contributed by atoms with Crippen LogP contribution in [-0.2, 0) is 9.47 Å². The molecule has 0 aromatic carbocycles. The maximum atomic E-state index is 12.4. The van der Waals surface area contributed by atoms with Gasteiger partial charge in [-0.05, 0) is 32.1 Å². The summed E-state index contributed by atoms with van der Waals surface area (Å²) in [6, 6.07) is 0. The SMILES string of the molecule is CCCCCCOc1nsnc1C1=CCC[N+](C)(C(C)OC(=O)OC2CCCCC2)C1.[I-]. The van der Waals surface area contributed by atoms with E-state index in [-0.39, 0.29) is 36.3 Å². The lowest BCUT2D eigenvalue weighted by Crippen LogP contribution is -3.00. The number of hydrogen-bond donors (Lipinski definition) is 0. The largest absolute Gasteiger partial charge is 1.00 e. The van der Waals surface area contributed by atoms with Gasteiger partial charge in [0.1, 0.15) is 18.3 Å². The first kappa shape index (κ1) is 27.3. The molecule has 0 saturated heterocycles. The van der Waals surface area contributed by atoms with Gasteiger partial charge in [0, 0.05) is 18.9 Å². The maximum Gasteiger partial charge on any atom is 0.513 e. The molecule has 2 atom stereocenters. The zero-order chi connectivity index (χ0) is 22.1. The summed E-state index contributed by atoms with van der Waals surface area (Å²) in [7, 11) is 2.12. The van der Waals surface area contributed by atoms with Crippen LogP contribution >= 0.6 is 11.7 Å². The van der Waals surface area contributed by atoms with Crippen LogP contribution in [0.4, 0.5) is 4.79 Å². The van der Waals surface area contributed by atoms with E-state index in [4.69, 9.17) is 14.2 Å². The highest BCUT2D eigenvalue weighted by Gasteiger charge is 2.37. The molecule has 1 aromatic rings. The van der Waals surface area contributed by atoms with Crippen molar-refractivity contribution < 1.29 is 47.5 Å². The van der Waals surface area contributed by atoms with Crippen LogP contribution < -0.4 is 28.7 Å². The molecule has 2 heterocycles. The minimum absolute atomic E-state index is 0. The van der Waals surface area contributed by atoms with Crippen molar-refractivity contribution in [2.24, 2.45) is 0 Å². The summed E-state index contributed by atoms with van der Waals surface area (Å²) in [5.41, 5.74) is 1.95. The predicted octanol–water partition coefficient (Wildman–Crippen LogP) is 2.57. The molecule has 1 aromatic heterocycles. The van der Waals surface area contributed by atoms with Crippen molar-refractivity contribution in [3.05, 3.63) is 11.8 Å². The van der Waals surface area contributed by atoms with E-state index in [2.05, 4.69) is 28.8 Å². The van der Waals surface area contributed by atoms with Crippen LogP contribution in [0.1, 0.15) is 83.7 Å². The highest BCUT2D eigenvalue weighted by atomic mass is 127. The van der Waals surface area contributed by atoms with Gasteiger partial charge in [0.2, 0.25) is 6.23 Å². The molecule has 1 saturated carbocycles. The molecule has 0 N–H and O–H groups in total. The summed E-state index contributed by atoms with van der Waals surface area (Å²) in [4.78, 5) is 12.4. The van der Waals surface area contributed by atoms with Crippen molar-refractivity contribution >= 4 is 23.5 Å². The highest BCUT2D eigenvalue weighted by Crippen LogP contribution is 2.32. The summed E-state index contributed by atoms with van der Waals surface area (Å²) in [6.07, 6.45) is 12.3. The van der Waals surface area contributed by atoms with Crippen LogP contribution in [0.5, 0.6) is 5.88 Å². The van der Waals surface area contributed by atoms with Gasteiger partial charge in [-0.15, -0.1) is 4.37 Å². The second-order valence-corrected chi connectivity index (χ2v) is 9.58. The number of carbonyl (C=O) groups is 1. The third-order valence-corrected chi connectivity index (χ3v) is 7.03. The lowest BCUT2D eigenvalue weighted by molar-refractivity contribution is -0.944. The van der Waals surface area contributed by atoms with Gasteiger partial charge in [-0.1, -0.05) is 38.7 Å². The normalized spacial score (nSPS) is 22.4. The molecule has 0 bridgehead atoms. The first-order valence-corrected chi connectivity index (χ1v) is 12.6. The monoisotopic (exact) mass is 579 g/mol. The van der Waals surface area contributed by atoms with Crippen molar-refractivity contribution in [3.63, 3.8) is 0 Å². The molecule has 0 radical (unpaired) electrons. The minimum atomic E-state index is -0.540. The van der Waals surface area contributed by atoms with Crippen LogP contribution in [0.3, 0.4) is 0 Å². The first-order valence-electron chi connectivity index (χ1n) is 11.9. The lowest BCUT2D eigenvalue weighted by atomic mass is 9.98. The molecule has 0 spiro atoms. The van der Waals surface area contributed by atoms with E-state index in [1.54, 1.807) is 0 Å². The number of quaternary nitrogens is 1. The number of unbranched alkanes of at least 4 members (excludes halogenated alkanes) is 3. The molecule has 9 heteroatoms. The number of nitrogens with zero attached hydrogens (tertiary/aromatic N) is 3. The van der Waals surface area contributed by atoms with Gasteiger partial charge < -0.3 is 38.2 Å². The Labute approximate surface area is 213 Å². The average Bonchev–Trinajstić information content (AvgIpc) is 3.23. The Balaban J connectivity index is 0.00000363. The number of hydrogen-bond acceptors (Lipinski definition) is 7. The Morgan fingerprint density at radius 3 is 2.75 bits per heavy atom. The predicted molar refractivity (Wildman–Crippen MR) is 122 cm³/mol. The van der Waals surface area contributed by atoms with Crippen LogP contribution in [0.25, 0.3) is 5.57 Å². The molecule has 2 unspecified atom stereocenters. The number of carbonyl (C=O) groups excluding carboxylic acids is 1. The molecule has 1 fully saturated rings. The zero-order valence-corrected chi connectivity index (χ0v) is 22.7. The maximum absolute atomic E-state index is 12.4. The third kappa shape index (κ3) is 7.83. The van der Waals surface area contributed by atoms with Crippen molar-refractivity contribution in [2.45, 2.75) is 90.4 Å². The quantitative estimate of drug-likeness (QED) is 0.184. The van der Waals surface area contributed by atoms with Gasteiger partial charge in [0.25, 0.3) is 5.88 Å². The summed E-state index contributed by atoms with van der Waals surface area (Å²) in [5.74, 6) is 0.631. The number of aromatic nitrogens is 2. The van der Waals surface area contributed by atoms with E-state index in [1.165, 1.54) is 37.4 Å². The standard InChI is InChI=1S/C23H38N3O4S.HI/c1-4-5-6-10-16-28-22-21(24-31-25-22)19-12-11-15-26(3,17-19)18(2)29-23(27)30-20-13-8-7-9-14-20;/h12,18,20H,4-11,13-17H2,1-3H3;1H/q+1;/p-1. The molecule has 1 aliphatic heterocycles. The smallest absolute Gasteiger partial charge is 0.513 e. The van der Waals surface area contributed by atoms with Gasteiger partial charge >= 0.3 is 6.16 Å². The Morgan fingerprint density at radius 2 is 2.00 bits per heavy atom. The van der Waals surface area contributed by atoms with E-state index in [9.17, 15) is 4.79 Å². The van der Waals surface area contributed by atoms with Crippen LogP contribution in [0.2, 0.25) is 0 Å². The molecule has 182 valence electrons. The van der Waals surface area contributed by atoms with Crippen LogP contribution in [0.15, 0.2) is 6.08 Å². The fraction of sp³-hybridized carbons (Fsp3) is 0.783. The number of likely N-dealkylation sites (N-methyl/N-ethyl adjacent to an activating group) is 1. The fourth-order valence-corrected chi connectivity index (χ4v) is 4.86. The Bertz CT molecular complexity index is 739. The van der Waals surface area contributed by atoms with E-state index in [0.717, 1.165) is 62.9 Å². The van der Waals surface area contributed by atoms with Gasteiger partial charge in [-0.25, -0.2) is 4.79 Å². The number of halogens is 1. The van der Waals surface area contributed by atoms with Crippen molar-refractivity contribution in [1.29, 1.82) is 0 Å². The van der Waals surface area contributed by atoms with Crippen molar-refractivity contribution in [2.75, 3.05) is 26.7 Å². The topological polar surface area (TPSA) is 70.5 Å². The summed E-state index contributed by atoms with van der Waals surface area (Å²) >= 11 is 1.19. The Kier molecular flexibility index (Phi) is 11.7. The molecule has 2 aliphatic rings. The van der Waals surface area contributed by atoms with Crippen LogP contribution in [-0.4, -0.2) is 58.5 Å². The fourth-order valence-electron chi connectivity index (χ4n) is 4.33. The van der Waals surface area contributed by atoms with E-state index >= 15 is 0 Å². The van der Waals surface area contributed by atoms with Gasteiger partial charge in [-0.3, -0.25) is 4.48 Å². The summed E-state index contributed by atoms with van der Waals surface area (Å²) < 4.78 is 26.7. The third-order valence-electron chi connectivity index (χ3n) is 6.52. The number of rotatable bonds is 10. The molecule has 7 nitrogen and oxygen atoms in total. The zero-order valence-electron chi connectivity index (χ0n) is 19.7. The molecule has 3 rings (SSSR count). The Hall–Kier alpha value is -0.940. The van der Waals surface area contributed by atoms with Crippen molar-refractivity contribution in [3.8, 4) is 5.88 Å². The summed E-state index contributed by atoms with van der Waals surface area (Å²) in [6.45, 7) is 6.44. The second-order valence-electron chi connectivity index (χ2n) is 9.05. The molecule has 1 aliphatic carbocycles. The molecular formula is C23H38IN3O4S. The van der Waals surface area contributed by atoms with E-state index < -0.39 is 6.16 Å². The Morgan fingerprint density at radius 1 is 1.22 bits per heavy atom. The molecule has 0 amide bonds. The van der Waals surface area contributed by atoms with Gasteiger partial charge in [0.05, 0.1) is 31.9 Å². The first-order chi connectivity index (χ1) is 15.0. The van der Waals surface area contributed by atoms with Gasteiger partial charge in [0.15, 0.2) is 0 Å². The highest BCUT2D eigenvalue weighted by molar-refractivity contribution is 6.99. The molecule has 32 heavy (non-hydrogen) atoms. The number of ether oxygens (including phenoxy) is 3. The second kappa shape index (κ2) is 13.7. The van der Waals surface area contributed by atoms with Crippen molar-refractivity contribution in [1.82, 2.24) is 8.75 Å². The average molecular weight is 580 g/mol. The summed E-state index contributed by atoms with van der Waals surface area (Å²) in [5, 5.41) is 0. The van der Waals surface area contributed by atoms with E-state index in [0.29, 0.717) is 17.0 Å². The van der Waals surface area contributed by atoms with Crippen LogP contribution in [0, 0.1) is 0 Å². The minimum Gasteiger partial charge on any atom is -1.00 e. The van der Waals surface area contributed by atoms with Gasteiger partial charge in [-0.2, -0.15) is 4.37 Å². The lowest BCUT2D eigenvalue weighted by Gasteiger charge is -2.41. The molecular weight excluding hydrogens is 541 g/mol.